The number of ether oxygens (including phenoxy) is 1. The van der Waals surface area contributed by atoms with E-state index in [1.807, 2.05) is 61.5 Å². The van der Waals surface area contributed by atoms with Gasteiger partial charge >= 0.3 is 0 Å². The summed E-state index contributed by atoms with van der Waals surface area (Å²) >= 11 is 0. The van der Waals surface area contributed by atoms with E-state index < -0.39 is 161 Å². The minimum absolute atomic E-state index is 0.0280. The third kappa shape index (κ3) is 20.9. The Balaban J connectivity index is 3.07. The molecule has 0 aromatic carbocycles. The van der Waals surface area contributed by atoms with Gasteiger partial charge in [-0.15, -0.1) is 0 Å². The number of rotatable bonds is 17. The number of carbonyl (C=O) groups excluding carboxylic acids is 11. The van der Waals surface area contributed by atoms with Gasteiger partial charge in [0, 0.05) is 83.1 Å². The van der Waals surface area contributed by atoms with Gasteiger partial charge < -0.3 is 65.0 Å². The van der Waals surface area contributed by atoms with Gasteiger partial charge in [-0.1, -0.05) is 102 Å². The highest BCUT2D eigenvalue weighted by atomic mass is 16.5. The van der Waals surface area contributed by atoms with Crippen LogP contribution in [0, 0.1) is 41.4 Å². The predicted octanol–water partition coefficient (Wildman–Crippen LogP) is 2.92. The Morgan fingerprint density at radius 1 is 0.478 bits per heavy atom. The van der Waals surface area contributed by atoms with Gasteiger partial charge in [-0.2, -0.15) is 0 Å². The van der Waals surface area contributed by atoms with Crippen molar-refractivity contribution in [3.8, 4) is 0 Å². The fourth-order valence-electron chi connectivity index (χ4n) is 12.5. The van der Waals surface area contributed by atoms with E-state index in [0.717, 1.165) is 4.90 Å². The Hall–Kier alpha value is -6.21. The first kappa shape index (κ1) is 81.9. The monoisotopic (exact) mass is 1300 g/mol. The molecule has 2 rings (SSSR count). The highest BCUT2D eigenvalue weighted by Crippen LogP contribution is 2.28. The minimum atomic E-state index is -1.62. The van der Waals surface area contributed by atoms with Gasteiger partial charge in [0.05, 0.1) is 12.2 Å². The zero-order chi connectivity index (χ0) is 71.0. The lowest BCUT2D eigenvalue weighted by Crippen LogP contribution is -2.64. The first-order valence-electron chi connectivity index (χ1n) is 33.2. The van der Waals surface area contributed by atoms with E-state index in [1.165, 1.54) is 111 Å². The van der Waals surface area contributed by atoms with E-state index in [-0.39, 0.29) is 49.5 Å². The summed E-state index contributed by atoms with van der Waals surface area (Å²) in [7, 11) is 13.1. The summed E-state index contributed by atoms with van der Waals surface area (Å²) in [5, 5.41) is 20.7. The number of likely N-dealkylation sites (N-methyl/N-ethyl adjacent to an activating group) is 8. The second-order valence-corrected chi connectivity index (χ2v) is 28.2. The van der Waals surface area contributed by atoms with Crippen molar-refractivity contribution < 1.29 is 62.6 Å². The Morgan fingerprint density at radius 3 is 1.37 bits per heavy atom. The molecule has 2 saturated heterocycles. The molecule has 25 heteroatoms. The molecule has 0 unspecified atom stereocenters. The molecular weight excluding hydrogens is 1180 g/mol. The molecule has 4 N–H and O–H groups in total. The van der Waals surface area contributed by atoms with Crippen LogP contribution in [0.5, 0.6) is 0 Å². The average Bonchev–Trinajstić information content (AvgIpc) is 0.823. The number of methoxy groups -OCH3 is 1. The van der Waals surface area contributed by atoms with Crippen molar-refractivity contribution in [1.29, 1.82) is 0 Å². The van der Waals surface area contributed by atoms with Crippen molar-refractivity contribution >= 4 is 65.0 Å². The second kappa shape index (κ2) is 36.5. The van der Waals surface area contributed by atoms with Crippen molar-refractivity contribution in [3.05, 3.63) is 12.2 Å². The number of allylic oxidation sites excluding steroid dienone is 2. The zero-order valence-corrected chi connectivity index (χ0v) is 60.7. The van der Waals surface area contributed by atoms with Gasteiger partial charge in [0.1, 0.15) is 66.5 Å². The molecular formula is C67H120N12O13. The van der Waals surface area contributed by atoms with E-state index in [1.54, 1.807) is 54.7 Å². The number of likely N-dealkylation sites (tertiary alicyclic amines) is 1. The highest BCUT2D eigenvalue weighted by Gasteiger charge is 2.48. The fourth-order valence-corrected chi connectivity index (χ4v) is 12.5. The summed E-state index contributed by atoms with van der Waals surface area (Å²) < 4.78 is 5.52. The summed E-state index contributed by atoms with van der Waals surface area (Å²) in [6.45, 7) is 31.1. The van der Waals surface area contributed by atoms with Crippen LogP contribution < -0.4 is 16.0 Å². The summed E-state index contributed by atoms with van der Waals surface area (Å²) in [6.07, 6.45) is 2.84. The smallest absolute Gasteiger partial charge is 0.248 e. The fraction of sp³-hybridized carbons (Fsp3) is 0.806. The number of carbonyl (C=O) groups is 11. The molecule has 526 valence electrons. The van der Waals surface area contributed by atoms with Crippen LogP contribution in [0.2, 0.25) is 0 Å². The van der Waals surface area contributed by atoms with Gasteiger partial charge in [-0.05, 0) is 101 Å². The van der Waals surface area contributed by atoms with Crippen molar-refractivity contribution in [2.24, 2.45) is 41.4 Å². The summed E-state index contributed by atoms with van der Waals surface area (Å²) in [5.74, 6) is -10.2. The topological polar surface area (TPSA) is 282 Å². The molecule has 2 heterocycles. The highest BCUT2D eigenvalue weighted by molar-refractivity contribution is 6.00. The first-order chi connectivity index (χ1) is 42.6. The SMILES string of the molecule is C/C=C/C[C@@H](C)[C@@H](O)[C@H]1C(=O)N(C)[C@@H](CC)C(=O)N(C)[C@H](C)C(=O)N(C)[C@@H]([C@H](C)CN2CC(OC)C2)C(=O)N[C@@H](C(C)C)C(=O)N(C)[C@@H](CC(C)C)C(=O)N[C@@H](C)C(=O)N[C@H](C)C(=O)N(C)[C@@H](CC(C)C)C(=O)N(C)[C@@H](CC(C)C)C(=O)N(C)[C@@H](C(C)C)C(=O)N1C. The maximum absolute atomic E-state index is 15.4. The molecule has 2 aliphatic rings. The second-order valence-electron chi connectivity index (χ2n) is 28.2. The van der Waals surface area contributed by atoms with Crippen molar-refractivity contribution in [1.82, 2.24) is 60.0 Å². The number of aliphatic hydroxyl groups is 1. The van der Waals surface area contributed by atoms with Crippen LogP contribution in [0.1, 0.15) is 150 Å². The van der Waals surface area contributed by atoms with Gasteiger partial charge in [0.25, 0.3) is 0 Å². The number of hydrogen-bond donors (Lipinski definition) is 4. The molecule has 25 nitrogen and oxygen atoms in total. The van der Waals surface area contributed by atoms with Crippen molar-refractivity contribution in [3.63, 3.8) is 0 Å². The van der Waals surface area contributed by atoms with Crippen LogP contribution in [-0.4, -0.2) is 276 Å². The minimum Gasteiger partial charge on any atom is -0.390 e. The Morgan fingerprint density at radius 2 is 0.902 bits per heavy atom. The number of nitrogens with zero attached hydrogens (tertiary/aromatic N) is 9. The van der Waals surface area contributed by atoms with Gasteiger partial charge in [0.2, 0.25) is 65.0 Å². The lowest BCUT2D eigenvalue weighted by atomic mass is 9.91. The summed E-state index contributed by atoms with van der Waals surface area (Å²) in [5.41, 5.74) is 0. The van der Waals surface area contributed by atoms with E-state index >= 15 is 24.0 Å². The maximum atomic E-state index is 15.4. The maximum Gasteiger partial charge on any atom is 0.248 e. The molecule has 0 radical (unpaired) electrons. The van der Waals surface area contributed by atoms with Crippen LogP contribution in [0.3, 0.4) is 0 Å². The molecule has 0 aromatic rings. The van der Waals surface area contributed by atoms with Crippen LogP contribution >= 0.6 is 0 Å². The predicted molar refractivity (Wildman–Crippen MR) is 355 cm³/mol. The van der Waals surface area contributed by atoms with Crippen LogP contribution in [0.25, 0.3) is 0 Å². The lowest BCUT2D eigenvalue weighted by Gasteiger charge is -2.43. The van der Waals surface area contributed by atoms with Crippen LogP contribution in [-0.2, 0) is 57.5 Å². The van der Waals surface area contributed by atoms with E-state index in [2.05, 4.69) is 20.9 Å². The molecule has 0 aliphatic carbocycles. The number of amides is 11. The Bertz CT molecular complexity index is 2560. The molecule has 0 spiro atoms. The van der Waals surface area contributed by atoms with Gasteiger partial charge in [-0.3, -0.25) is 57.6 Å². The molecule has 14 atom stereocenters. The lowest BCUT2D eigenvalue weighted by molar-refractivity contribution is -0.161. The first-order valence-corrected chi connectivity index (χ1v) is 33.2. The molecule has 0 bridgehead atoms. The van der Waals surface area contributed by atoms with Gasteiger partial charge in [-0.25, -0.2) is 0 Å². The number of aliphatic hydroxyl groups excluding tert-OH is 1. The molecule has 0 aromatic heterocycles. The van der Waals surface area contributed by atoms with Gasteiger partial charge in [0.15, 0.2) is 0 Å². The quantitative estimate of drug-likeness (QED) is 0.153. The summed E-state index contributed by atoms with van der Waals surface area (Å²) in [6, 6.07) is -13.8. The normalized spacial score (nSPS) is 28.2. The Kier molecular flexibility index (Phi) is 32.4. The molecule has 2 fully saturated rings. The van der Waals surface area contributed by atoms with E-state index in [0.29, 0.717) is 26.1 Å². The Labute approximate surface area is 550 Å². The largest absolute Gasteiger partial charge is 0.390 e. The van der Waals surface area contributed by atoms with Crippen LogP contribution in [0.4, 0.5) is 0 Å². The standard InChI is InChI=1S/C67H120N12O13/c1-27-29-30-42(13)56(80)55-67(91)72(19)48(28-2)62(86)71(18)46(17)61(85)77(24)54(43(14)34-79-35-47(36-79)92-26)59(83)70-52(40(9)10)65(89)73(20)49(31-37(3)4)58(82)68-44(15)57(81)69-45(16)60(84)74(21)50(32-38(5)6)63(87)75(22)51(33-39(7)8)64(88)76(23)53(41(11)12)66(90)78(55)25/h27,29,37-56,80H,28,30-36H2,1-26H3,(H,68,82)(H,69,81)(H,70,83)/b29-27+/t42-,43-,44+,45-,46-,48+,49+,50+,51+,52+,53+,54+,55+,56-/m1/s1. The van der Waals surface area contributed by atoms with Crippen LogP contribution in [0.15, 0.2) is 12.2 Å². The van der Waals surface area contributed by atoms with Crippen molar-refractivity contribution in [2.75, 3.05) is 83.1 Å². The van der Waals surface area contributed by atoms with Crippen molar-refractivity contribution in [2.45, 2.75) is 228 Å². The molecule has 11 amide bonds. The number of nitrogens with one attached hydrogen (secondary N) is 3. The van der Waals surface area contributed by atoms with E-state index in [4.69, 9.17) is 4.74 Å². The molecule has 92 heavy (non-hydrogen) atoms. The average molecular weight is 1300 g/mol. The number of hydrogen-bond acceptors (Lipinski definition) is 14. The summed E-state index contributed by atoms with van der Waals surface area (Å²) in [4.78, 5) is 176. The zero-order valence-electron chi connectivity index (χ0n) is 60.7. The molecule has 2 aliphatic heterocycles. The third-order valence-electron chi connectivity index (χ3n) is 18.6. The third-order valence-corrected chi connectivity index (χ3v) is 18.6. The van der Waals surface area contributed by atoms with E-state index in [9.17, 15) is 33.9 Å². The molecule has 0 saturated carbocycles.